The number of hydrogen-bond donors (Lipinski definition) is 1. The molecule has 3 nitrogen and oxygen atoms in total. The number of hydrogen-bond acceptors (Lipinski definition) is 2. The lowest BCUT2D eigenvalue weighted by Crippen LogP contribution is -2.36. The molecule has 1 aromatic rings. The van der Waals surface area contributed by atoms with Crippen LogP contribution in [0.15, 0.2) is 24.3 Å². The zero-order valence-electron chi connectivity index (χ0n) is 12.9. The summed E-state index contributed by atoms with van der Waals surface area (Å²) in [4.78, 5) is 12.1. The molecule has 1 fully saturated rings. The van der Waals surface area contributed by atoms with E-state index in [0.29, 0.717) is 28.5 Å². The number of nitrogens with one attached hydrogen (secondary N) is 1. The van der Waals surface area contributed by atoms with E-state index in [1.807, 2.05) is 0 Å². The summed E-state index contributed by atoms with van der Waals surface area (Å²) in [5, 5.41) is 3.36. The van der Waals surface area contributed by atoms with Crippen LogP contribution in [0.4, 0.5) is 10.5 Å². The highest BCUT2D eigenvalue weighted by atomic mass is 35.5. The summed E-state index contributed by atoms with van der Waals surface area (Å²) >= 11 is 5.91. The second-order valence-electron chi connectivity index (χ2n) is 6.41. The standard InChI is InChI=1S/C17H24ClNO2/c1-11(2)15-8-7-12(3)9-16(15)21-17(20)19-14-6-4-5-13(18)10-14/h4-6,10-12,15-16H,7-9H2,1-3H3,(H,19,20)/t12-,15-,16+/m1/s1. The molecule has 0 bridgehead atoms. The maximum Gasteiger partial charge on any atom is 0.411 e. The van der Waals surface area contributed by atoms with Gasteiger partial charge in [0, 0.05) is 10.7 Å². The molecule has 0 saturated heterocycles. The second-order valence-corrected chi connectivity index (χ2v) is 6.84. The molecule has 116 valence electrons. The van der Waals surface area contributed by atoms with Crippen molar-refractivity contribution in [1.82, 2.24) is 0 Å². The van der Waals surface area contributed by atoms with Gasteiger partial charge < -0.3 is 4.74 Å². The number of ether oxygens (including phenoxy) is 1. The van der Waals surface area contributed by atoms with Gasteiger partial charge in [-0.25, -0.2) is 4.79 Å². The fourth-order valence-electron chi connectivity index (χ4n) is 3.10. The van der Waals surface area contributed by atoms with E-state index < -0.39 is 0 Å². The van der Waals surface area contributed by atoms with Crippen molar-refractivity contribution in [2.45, 2.75) is 46.1 Å². The Hall–Kier alpha value is -1.22. The van der Waals surface area contributed by atoms with Crippen molar-refractivity contribution in [3.8, 4) is 0 Å². The first-order valence-electron chi connectivity index (χ1n) is 7.69. The molecule has 0 heterocycles. The van der Waals surface area contributed by atoms with E-state index in [-0.39, 0.29) is 12.2 Å². The lowest BCUT2D eigenvalue weighted by atomic mass is 9.75. The monoisotopic (exact) mass is 309 g/mol. The Morgan fingerprint density at radius 3 is 2.81 bits per heavy atom. The number of carbonyl (C=O) groups excluding carboxylic acids is 1. The molecule has 0 radical (unpaired) electrons. The van der Waals surface area contributed by atoms with Crippen molar-refractivity contribution >= 4 is 23.4 Å². The highest BCUT2D eigenvalue weighted by Crippen LogP contribution is 2.35. The van der Waals surface area contributed by atoms with Gasteiger partial charge in [0.05, 0.1) is 0 Å². The third kappa shape index (κ3) is 4.63. The van der Waals surface area contributed by atoms with Crippen LogP contribution in [0.25, 0.3) is 0 Å². The molecule has 21 heavy (non-hydrogen) atoms. The highest BCUT2D eigenvalue weighted by molar-refractivity contribution is 6.30. The van der Waals surface area contributed by atoms with Crippen molar-refractivity contribution < 1.29 is 9.53 Å². The van der Waals surface area contributed by atoms with Crippen molar-refractivity contribution in [2.24, 2.45) is 17.8 Å². The van der Waals surface area contributed by atoms with Gasteiger partial charge in [0.25, 0.3) is 0 Å². The molecule has 1 amide bonds. The Morgan fingerprint density at radius 1 is 1.38 bits per heavy atom. The third-order valence-electron chi connectivity index (χ3n) is 4.29. The normalized spacial score (nSPS) is 25.7. The molecule has 0 aliphatic heterocycles. The molecule has 1 saturated carbocycles. The van der Waals surface area contributed by atoms with Gasteiger partial charge in [-0.2, -0.15) is 0 Å². The minimum Gasteiger partial charge on any atom is -0.446 e. The lowest BCUT2D eigenvalue weighted by molar-refractivity contribution is 0.0126. The largest absolute Gasteiger partial charge is 0.446 e. The van der Waals surface area contributed by atoms with Crippen molar-refractivity contribution in [2.75, 3.05) is 5.32 Å². The lowest BCUT2D eigenvalue weighted by Gasteiger charge is -2.36. The van der Waals surface area contributed by atoms with E-state index in [9.17, 15) is 4.79 Å². The van der Waals surface area contributed by atoms with Crippen LogP contribution < -0.4 is 5.32 Å². The number of anilines is 1. The predicted octanol–water partition coefficient (Wildman–Crippen LogP) is 5.35. The summed E-state index contributed by atoms with van der Waals surface area (Å²) in [5.41, 5.74) is 0.664. The molecule has 1 aliphatic carbocycles. The highest BCUT2D eigenvalue weighted by Gasteiger charge is 2.33. The molecule has 3 atom stereocenters. The van der Waals surface area contributed by atoms with E-state index in [4.69, 9.17) is 16.3 Å². The predicted molar refractivity (Wildman–Crippen MR) is 86.7 cm³/mol. The first-order chi connectivity index (χ1) is 9.95. The number of rotatable bonds is 3. The van der Waals surface area contributed by atoms with Crippen molar-refractivity contribution in [1.29, 1.82) is 0 Å². The average Bonchev–Trinajstić information content (AvgIpc) is 2.38. The van der Waals surface area contributed by atoms with E-state index in [1.54, 1.807) is 24.3 Å². The van der Waals surface area contributed by atoms with E-state index in [0.717, 1.165) is 12.8 Å². The number of benzene rings is 1. The first kappa shape index (κ1) is 16.2. The SMILES string of the molecule is CC(C)[C@H]1CC[C@@H](C)C[C@@H]1OC(=O)Nc1cccc(Cl)c1. The van der Waals surface area contributed by atoms with Crippen LogP contribution in [0, 0.1) is 17.8 Å². The van der Waals surface area contributed by atoms with Crippen LogP contribution >= 0.6 is 11.6 Å². The Morgan fingerprint density at radius 2 is 2.14 bits per heavy atom. The molecule has 1 aliphatic rings. The van der Waals surface area contributed by atoms with E-state index >= 15 is 0 Å². The second kappa shape index (κ2) is 7.17. The van der Waals surface area contributed by atoms with Gasteiger partial charge in [-0.05, 0) is 48.8 Å². The fourth-order valence-corrected chi connectivity index (χ4v) is 3.29. The number of amides is 1. The van der Waals surface area contributed by atoms with Crippen molar-refractivity contribution in [3.63, 3.8) is 0 Å². The zero-order valence-corrected chi connectivity index (χ0v) is 13.7. The Kier molecular flexibility index (Phi) is 5.51. The molecule has 0 unspecified atom stereocenters. The Balaban J connectivity index is 1.96. The molecule has 0 aromatic heterocycles. The van der Waals surface area contributed by atoms with Gasteiger partial charge in [-0.1, -0.05) is 44.9 Å². The van der Waals surface area contributed by atoms with Crippen LogP contribution in [-0.2, 0) is 4.74 Å². The Labute approximate surface area is 132 Å². The summed E-state index contributed by atoms with van der Waals surface area (Å²) in [6.45, 7) is 6.62. The number of halogens is 1. The maximum atomic E-state index is 12.1. The summed E-state index contributed by atoms with van der Waals surface area (Å²) in [5.74, 6) is 1.59. The molecule has 1 N–H and O–H groups in total. The maximum absolute atomic E-state index is 12.1. The van der Waals surface area contributed by atoms with Crippen molar-refractivity contribution in [3.05, 3.63) is 29.3 Å². The molecular formula is C17H24ClNO2. The summed E-state index contributed by atoms with van der Waals surface area (Å²) in [7, 11) is 0. The summed E-state index contributed by atoms with van der Waals surface area (Å²) < 4.78 is 5.69. The van der Waals surface area contributed by atoms with Crippen LogP contribution in [0.3, 0.4) is 0 Å². The van der Waals surface area contributed by atoms with E-state index in [2.05, 4.69) is 26.1 Å². The van der Waals surface area contributed by atoms with Gasteiger partial charge in [-0.3, -0.25) is 5.32 Å². The van der Waals surface area contributed by atoms with Gasteiger partial charge in [0.15, 0.2) is 0 Å². The molecule has 4 heteroatoms. The fraction of sp³-hybridized carbons (Fsp3) is 0.588. The summed E-state index contributed by atoms with van der Waals surface area (Å²) in [6, 6.07) is 7.09. The zero-order chi connectivity index (χ0) is 15.4. The third-order valence-corrected chi connectivity index (χ3v) is 4.53. The topological polar surface area (TPSA) is 38.3 Å². The number of carbonyl (C=O) groups is 1. The minimum absolute atomic E-state index is 0.00735. The van der Waals surface area contributed by atoms with E-state index in [1.165, 1.54) is 6.42 Å². The van der Waals surface area contributed by atoms with Gasteiger partial charge in [0.2, 0.25) is 0 Å². The molecular weight excluding hydrogens is 286 g/mol. The smallest absolute Gasteiger partial charge is 0.411 e. The molecule has 0 spiro atoms. The van der Waals surface area contributed by atoms with Gasteiger partial charge in [0.1, 0.15) is 6.10 Å². The van der Waals surface area contributed by atoms with Crippen LogP contribution in [0.2, 0.25) is 5.02 Å². The molecule has 1 aromatic carbocycles. The minimum atomic E-state index is -0.387. The van der Waals surface area contributed by atoms with Crippen LogP contribution in [0.1, 0.15) is 40.0 Å². The van der Waals surface area contributed by atoms with Gasteiger partial charge >= 0.3 is 6.09 Å². The first-order valence-corrected chi connectivity index (χ1v) is 8.06. The average molecular weight is 310 g/mol. The summed E-state index contributed by atoms with van der Waals surface area (Å²) in [6.07, 6.45) is 2.92. The molecule has 2 rings (SSSR count). The van der Waals surface area contributed by atoms with Crippen LogP contribution in [-0.4, -0.2) is 12.2 Å². The van der Waals surface area contributed by atoms with Gasteiger partial charge in [-0.15, -0.1) is 0 Å². The van der Waals surface area contributed by atoms with Crippen LogP contribution in [0.5, 0.6) is 0 Å². The Bertz CT molecular complexity index is 489. The quantitative estimate of drug-likeness (QED) is 0.817.